The maximum atomic E-state index is 12.4. The highest BCUT2D eigenvalue weighted by Gasteiger charge is 2.23. The molecule has 0 bridgehead atoms. The lowest BCUT2D eigenvalue weighted by Crippen LogP contribution is -2.31. The van der Waals surface area contributed by atoms with Gasteiger partial charge in [-0.3, -0.25) is 19.2 Å². The molecule has 8 nitrogen and oxygen atoms in total. The molecule has 4 amide bonds. The minimum absolute atomic E-state index is 0.225. The molecule has 0 aromatic heterocycles. The third-order valence-corrected chi connectivity index (χ3v) is 4.20. The van der Waals surface area contributed by atoms with Crippen LogP contribution in [0.25, 0.3) is 0 Å². The van der Waals surface area contributed by atoms with Crippen molar-refractivity contribution < 1.29 is 19.2 Å². The van der Waals surface area contributed by atoms with Crippen molar-refractivity contribution in [3.05, 3.63) is 47.5 Å². The van der Waals surface area contributed by atoms with E-state index in [9.17, 15) is 19.2 Å². The Morgan fingerprint density at radius 1 is 0.733 bits per heavy atom. The van der Waals surface area contributed by atoms with Gasteiger partial charge in [-0.1, -0.05) is 32.9 Å². The van der Waals surface area contributed by atoms with Gasteiger partial charge in [0.25, 0.3) is 0 Å². The summed E-state index contributed by atoms with van der Waals surface area (Å²) in [6.07, 6.45) is 0.487. The van der Waals surface area contributed by atoms with Crippen molar-refractivity contribution in [3.63, 3.8) is 0 Å². The van der Waals surface area contributed by atoms with Crippen LogP contribution in [0.15, 0.2) is 36.4 Å². The maximum Gasteiger partial charge on any atom is 0.314 e. The zero-order valence-corrected chi connectivity index (χ0v) is 17.7. The molecule has 0 aliphatic rings. The van der Waals surface area contributed by atoms with Crippen LogP contribution in [-0.4, -0.2) is 24.1 Å². The summed E-state index contributed by atoms with van der Waals surface area (Å²) in [6.45, 7) is 9.01. The average molecular weight is 410 g/mol. The molecule has 0 fully saturated rings. The number of carbonyl (C=O) groups excluding carboxylic acids is 4. The first-order valence-corrected chi connectivity index (χ1v) is 9.36. The zero-order valence-electron chi connectivity index (χ0n) is 17.7. The number of benzene rings is 2. The number of hydrogen-bond acceptors (Lipinski definition) is 4. The van der Waals surface area contributed by atoms with Gasteiger partial charge in [0.1, 0.15) is 0 Å². The third kappa shape index (κ3) is 5.91. The predicted octanol–water partition coefficient (Wildman–Crippen LogP) is 3.43. The molecule has 0 spiro atoms. The summed E-state index contributed by atoms with van der Waals surface area (Å²) < 4.78 is 0. The standard InChI is InChI=1S/C22H26N4O4/c1-13-6-8-15(17(10-13)23-12-27)24-19(28)20(29)25-16-9-7-14(2)11-18(16)26-21(30)22(3,4)5/h6-12H,1-5H3,(H,23,27)(H,24,28)(H,25,29)(H,26,30). The van der Waals surface area contributed by atoms with Crippen molar-refractivity contribution in [3.8, 4) is 0 Å². The number of rotatable bonds is 5. The molecule has 0 saturated carbocycles. The molecule has 0 saturated heterocycles. The molecule has 158 valence electrons. The lowest BCUT2D eigenvalue weighted by molar-refractivity contribution is -0.132. The molecular weight excluding hydrogens is 384 g/mol. The molecule has 0 aliphatic heterocycles. The average Bonchev–Trinajstić information content (AvgIpc) is 2.65. The second-order valence-electron chi connectivity index (χ2n) is 7.97. The van der Waals surface area contributed by atoms with Crippen LogP contribution in [-0.2, 0) is 19.2 Å². The van der Waals surface area contributed by atoms with Crippen LogP contribution < -0.4 is 21.3 Å². The lowest BCUT2D eigenvalue weighted by atomic mass is 9.95. The molecule has 0 atom stereocenters. The van der Waals surface area contributed by atoms with Crippen LogP contribution in [0.5, 0.6) is 0 Å². The smallest absolute Gasteiger partial charge is 0.314 e. The van der Waals surface area contributed by atoms with Gasteiger partial charge in [0, 0.05) is 5.41 Å². The molecule has 4 N–H and O–H groups in total. The van der Waals surface area contributed by atoms with Gasteiger partial charge in [0.05, 0.1) is 22.7 Å². The maximum absolute atomic E-state index is 12.4. The van der Waals surface area contributed by atoms with E-state index in [-0.39, 0.29) is 11.6 Å². The van der Waals surface area contributed by atoms with Crippen molar-refractivity contribution in [1.82, 2.24) is 0 Å². The largest absolute Gasteiger partial charge is 0.327 e. The molecule has 2 rings (SSSR count). The Morgan fingerprint density at radius 2 is 1.20 bits per heavy atom. The Bertz CT molecular complexity index is 993. The third-order valence-electron chi connectivity index (χ3n) is 4.20. The van der Waals surface area contributed by atoms with Gasteiger partial charge in [-0.15, -0.1) is 0 Å². The van der Waals surface area contributed by atoms with Crippen molar-refractivity contribution in [2.75, 3.05) is 21.3 Å². The number of amides is 4. The second-order valence-corrected chi connectivity index (χ2v) is 7.97. The van der Waals surface area contributed by atoms with Crippen molar-refractivity contribution in [1.29, 1.82) is 0 Å². The van der Waals surface area contributed by atoms with Crippen molar-refractivity contribution >= 4 is 46.9 Å². The molecule has 0 radical (unpaired) electrons. The van der Waals surface area contributed by atoms with E-state index < -0.39 is 17.2 Å². The SMILES string of the molecule is Cc1ccc(NC(=O)C(=O)Nc2ccc(C)cc2NC(=O)C(C)(C)C)c(NC=O)c1. The second kappa shape index (κ2) is 9.21. The van der Waals surface area contributed by atoms with E-state index in [2.05, 4.69) is 21.3 Å². The van der Waals surface area contributed by atoms with Gasteiger partial charge in [-0.05, 0) is 49.2 Å². The molecule has 8 heteroatoms. The summed E-state index contributed by atoms with van der Waals surface area (Å²) in [4.78, 5) is 48.0. The molecule has 0 unspecified atom stereocenters. The number of hydrogen-bond donors (Lipinski definition) is 4. The first-order chi connectivity index (χ1) is 14.0. The Morgan fingerprint density at radius 3 is 1.67 bits per heavy atom. The summed E-state index contributed by atoms with van der Waals surface area (Å²) in [6, 6.07) is 10.1. The van der Waals surface area contributed by atoms with Crippen molar-refractivity contribution in [2.24, 2.45) is 5.41 Å². The minimum atomic E-state index is -0.915. The Kier molecular flexibility index (Phi) is 6.94. The van der Waals surface area contributed by atoms with Crippen LogP contribution in [0, 0.1) is 19.3 Å². The van der Waals surface area contributed by atoms with Gasteiger partial charge >= 0.3 is 11.8 Å². The quantitative estimate of drug-likeness (QED) is 0.446. The molecule has 2 aromatic rings. The Labute approximate surface area is 175 Å². The van der Waals surface area contributed by atoms with Gasteiger partial charge in [-0.25, -0.2) is 0 Å². The highest BCUT2D eigenvalue weighted by molar-refractivity contribution is 6.44. The topological polar surface area (TPSA) is 116 Å². The summed E-state index contributed by atoms with van der Waals surface area (Å²) in [5.41, 5.74) is 2.49. The van der Waals surface area contributed by atoms with E-state index in [0.29, 0.717) is 23.5 Å². The van der Waals surface area contributed by atoms with Crippen LogP contribution in [0.4, 0.5) is 22.7 Å². The number of nitrogens with one attached hydrogen (secondary N) is 4. The fraction of sp³-hybridized carbons (Fsp3) is 0.273. The van der Waals surface area contributed by atoms with Gasteiger partial charge in [0.2, 0.25) is 12.3 Å². The fourth-order valence-electron chi connectivity index (χ4n) is 2.49. The monoisotopic (exact) mass is 410 g/mol. The minimum Gasteiger partial charge on any atom is -0.327 e. The summed E-state index contributed by atoms with van der Waals surface area (Å²) in [5.74, 6) is -2.05. The van der Waals surface area contributed by atoms with E-state index in [1.807, 2.05) is 13.8 Å². The van der Waals surface area contributed by atoms with E-state index in [4.69, 9.17) is 0 Å². The lowest BCUT2D eigenvalue weighted by Gasteiger charge is -2.20. The number of aryl methyl sites for hydroxylation is 2. The van der Waals surface area contributed by atoms with Gasteiger partial charge in [-0.2, -0.15) is 0 Å². The zero-order chi connectivity index (χ0) is 22.5. The van der Waals surface area contributed by atoms with Crippen molar-refractivity contribution in [2.45, 2.75) is 34.6 Å². The van der Waals surface area contributed by atoms with Crippen LogP contribution in [0.2, 0.25) is 0 Å². The van der Waals surface area contributed by atoms with Crippen LogP contribution in [0.3, 0.4) is 0 Å². The number of carbonyl (C=O) groups is 4. The summed E-state index contributed by atoms with van der Waals surface area (Å²) in [5, 5.41) is 10.3. The predicted molar refractivity (Wildman–Crippen MR) is 117 cm³/mol. The molecular formula is C22H26N4O4. The molecule has 0 heterocycles. The highest BCUT2D eigenvalue weighted by atomic mass is 16.2. The van der Waals surface area contributed by atoms with E-state index in [1.54, 1.807) is 57.2 Å². The number of anilines is 4. The fourth-order valence-corrected chi connectivity index (χ4v) is 2.49. The summed E-state index contributed by atoms with van der Waals surface area (Å²) in [7, 11) is 0. The van der Waals surface area contributed by atoms with E-state index >= 15 is 0 Å². The Hall–Kier alpha value is -3.68. The summed E-state index contributed by atoms with van der Waals surface area (Å²) >= 11 is 0. The Balaban J connectivity index is 2.19. The van der Waals surface area contributed by atoms with Gasteiger partial charge < -0.3 is 21.3 Å². The normalized spacial score (nSPS) is 10.7. The van der Waals surface area contributed by atoms with Gasteiger partial charge in [0.15, 0.2) is 0 Å². The first kappa shape index (κ1) is 22.6. The van der Waals surface area contributed by atoms with E-state index in [1.165, 1.54) is 0 Å². The van der Waals surface area contributed by atoms with E-state index in [0.717, 1.165) is 11.1 Å². The highest BCUT2D eigenvalue weighted by Crippen LogP contribution is 2.26. The first-order valence-electron chi connectivity index (χ1n) is 9.36. The van der Waals surface area contributed by atoms with Crippen LogP contribution >= 0.6 is 0 Å². The van der Waals surface area contributed by atoms with Crippen LogP contribution in [0.1, 0.15) is 31.9 Å². The molecule has 2 aromatic carbocycles. The molecule has 30 heavy (non-hydrogen) atoms. The molecule has 0 aliphatic carbocycles.